The number of rotatable bonds is 2. The fourth-order valence-corrected chi connectivity index (χ4v) is 2.55. The third-order valence-corrected chi connectivity index (χ3v) is 4.09. The molecule has 1 aromatic rings. The lowest BCUT2D eigenvalue weighted by Crippen LogP contribution is -2.44. The van der Waals surface area contributed by atoms with Gasteiger partial charge in [0.05, 0.1) is 7.11 Å². The summed E-state index contributed by atoms with van der Waals surface area (Å²) in [5.74, 6) is 1.62. The van der Waals surface area contributed by atoms with E-state index in [2.05, 4.69) is 37.4 Å². The van der Waals surface area contributed by atoms with E-state index in [9.17, 15) is 0 Å². The summed E-state index contributed by atoms with van der Waals surface area (Å²) >= 11 is 0. The zero-order valence-electron chi connectivity index (χ0n) is 10.4. The van der Waals surface area contributed by atoms with Crippen molar-refractivity contribution in [1.29, 1.82) is 0 Å². The van der Waals surface area contributed by atoms with Gasteiger partial charge in [-0.3, -0.25) is 0 Å². The van der Waals surface area contributed by atoms with Gasteiger partial charge in [0.1, 0.15) is 5.75 Å². The predicted molar refractivity (Wildman–Crippen MR) is 67.0 cm³/mol. The molecular weight excluding hydrogens is 198 g/mol. The predicted octanol–water partition coefficient (Wildman–Crippen LogP) is 2.58. The second kappa shape index (κ2) is 4.46. The average molecular weight is 219 g/mol. The van der Waals surface area contributed by atoms with E-state index < -0.39 is 0 Å². The van der Waals surface area contributed by atoms with Crippen molar-refractivity contribution in [1.82, 2.24) is 5.32 Å². The van der Waals surface area contributed by atoms with Crippen LogP contribution in [0.15, 0.2) is 24.3 Å². The summed E-state index contributed by atoms with van der Waals surface area (Å²) in [6.45, 7) is 6.91. The molecule has 0 aliphatic carbocycles. The Labute approximate surface area is 98.0 Å². The van der Waals surface area contributed by atoms with Crippen molar-refractivity contribution < 1.29 is 4.74 Å². The summed E-state index contributed by atoms with van der Waals surface area (Å²) in [6, 6.07) is 8.51. The van der Waals surface area contributed by atoms with Gasteiger partial charge in [0.25, 0.3) is 0 Å². The van der Waals surface area contributed by atoms with Crippen LogP contribution in [0.5, 0.6) is 5.75 Å². The van der Waals surface area contributed by atoms with Crippen molar-refractivity contribution in [2.45, 2.75) is 25.7 Å². The van der Waals surface area contributed by atoms with Gasteiger partial charge in [-0.1, -0.05) is 26.0 Å². The molecule has 0 spiro atoms. The Bertz CT molecular complexity index is 364. The maximum atomic E-state index is 5.31. The zero-order chi connectivity index (χ0) is 11.6. The van der Waals surface area contributed by atoms with Crippen LogP contribution in [0, 0.1) is 5.92 Å². The smallest absolute Gasteiger partial charge is 0.119 e. The molecule has 1 aromatic carbocycles. The van der Waals surface area contributed by atoms with Crippen LogP contribution >= 0.6 is 0 Å². The summed E-state index contributed by atoms with van der Waals surface area (Å²) in [4.78, 5) is 0. The molecule has 1 aliphatic rings. The van der Waals surface area contributed by atoms with Crippen LogP contribution < -0.4 is 10.1 Å². The molecule has 16 heavy (non-hydrogen) atoms. The minimum absolute atomic E-state index is 0.278. The minimum Gasteiger partial charge on any atom is -0.497 e. The van der Waals surface area contributed by atoms with E-state index >= 15 is 0 Å². The van der Waals surface area contributed by atoms with Crippen LogP contribution in [0.2, 0.25) is 0 Å². The molecule has 1 heterocycles. The van der Waals surface area contributed by atoms with Crippen LogP contribution in [-0.2, 0) is 5.41 Å². The highest BCUT2D eigenvalue weighted by Gasteiger charge is 2.35. The SMILES string of the molecule is COc1cccc([C@@]2(C)CCNC[C@H]2C)c1. The second-order valence-electron chi connectivity index (χ2n) is 5.00. The fourth-order valence-electron chi connectivity index (χ4n) is 2.55. The van der Waals surface area contributed by atoms with Crippen LogP contribution in [0.1, 0.15) is 25.8 Å². The highest BCUT2D eigenvalue weighted by atomic mass is 16.5. The van der Waals surface area contributed by atoms with E-state index in [1.807, 2.05) is 6.07 Å². The van der Waals surface area contributed by atoms with Crippen molar-refractivity contribution in [2.24, 2.45) is 5.92 Å². The Morgan fingerprint density at radius 1 is 1.44 bits per heavy atom. The topological polar surface area (TPSA) is 21.3 Å². The summed E-state index contributed by atoms with van der Waals surface area (Å²) in [6.07, 6.45) is 1.20. The van der Waals surface area contributed by atoms with Crippen molar-refractivity contribution in [2.75, 3.05) is 20.2 Å². The third kappa shape index (κ3) is 1.94. The highest BCUT2D eigenvalue weighted by molar-refractivity contribution is 5.34. The number of hydrogen-bond donors (Lipinski definition) is 1. The van der Waals surface area contributed by atoms with Gasteiger partial charge in [0, 0.05) is 0 Å². The van der Waals surface area contributed by atoms with E-state index in [1.165, 1.54) is 12.0 Å². The Kier molecular flexibility index (Phi) is 3.20. The molecular formula is C14H21NO. The van der Waals surface area contributed by atoms with Gasteiger partial charge in [-0.25, -0.2) is 0 Å². The number of piperidine rings is 1. The fraction of sp³-hybridized carbons (Fsp3) is 0.571. The molecule has 0 saturated carbocycles. The monoisotopic (exact) mass is 219 g/mol. The van der Waals surface area contributed by atoms with Gasteiger partial charge in [-0.05, 0) is 48.5 Å². The average Bonchev–Trinajstić information content (AvgIpc) is 2.33. The van der Waals surface area contributed by atoms with E-state index in [0.717, 1.165) is 18.8 Å². The lowest BCUT2D eigenvalue weighted by atomic mass is 9.68. The first-order valence-corrected chi connectivity index (χ1v) is 6.02. The molecule has 2 atom stereocenters. The Morgan fingerprint density at radius 2 is 2.25 bits per heavy atom. The van der Waals surface area contributed by atoms with Gasteiger partial charge >= 0.3 is 0 Å². The van der Waals surface area contributed by atoms with Crippen LogP contribution in [-0.4, -0.2) is 20.2 Å². The normalized spacial score (nSPS) is 30.1. The zero-order valence-corrected chi connectivity index (χ0v) is 10.4. The molecule has 88 valence electrons. The molecule has 2 rings (SSSR count). The Hall–Kier alpha value is -1.02. The van der Waals surface area contributed by atoms with E-state index in [4.69, 9.17) is 4.74 Å². The molecule has 2 nitrogen and oxygen atoms in total. The lowest BCUT2D eigenvalue weighted by Gasteiger charge is -2.40. The number of nitrogens with one attached hydrogen (secondary N) is 1. The van der Waals surface area contributed by atoms with Crippen LogP contribution in [0.25, 0.3) is 0 Å². The van der Waals surface area contributed by atoms with E-state index in [0.29, 0.717) is 5.92 Å². The molecule has 2 heteroatoms. The van der Waals surface area contributed by atoms with Crippen molar-refractivity contribution in [3.63, 3.8) is 0 Å². The molecule has 1 fully saturated rings. The number of hydrogen-bond acceptors (Lipinski definition) is 2. The number of methoxy groups -OCH3 is 1. The molecule has 0 aromatic heterocycles. The first-order chi connectivity index (χ1) is 7.66. The van der Waals surface area contributed by atoms with Crippen molar-refractivity contribution >= 4 is 0 Å². The van der Waals surface area contributed by atoms with Gasteiger partial charge in [0.2, 0.25) is 0 Å². The highest BCUT2D eigenvalue weighted by Crippen LogP contribution is 2.38. The summed E-state index contributed by atoms with van der Waals surface area (Å²) in [5.41, 5.74) is 1.68. The second-order valence-corrected chi connectivity index (χ2v) is 5.00. The first-order valence-electron chi connectivity index (χ1n) is 6.02. The van der Waals surface area contributed by atoms with Gasteiger partial charge in [-0.2, -0.15) is 0 Å². The molecule has 1 N–H and O–H groups in total. The Morgan fingerprint density at radius 3 is 2.94 bits per heavy atom. The summed E-state index contributed by atoms with van der Waals surface area (Å²) in [5, 5.41) is 3.46. The molecule has 0 bridgehead atoms. The molecule has 0 amide bonds. The first kappa shape index (κ1) is 11.5. The number of benzene rings is 1. The molecule has 0 radical (unpaired) electrons. The molecule has 0 unspecified atom stereocenters. The maximum absolute atomic E-state index is 5.31. The van der Waals surface area contributed by atoms with Crippen LogP contribution in [0.4, 0.5) is 0 Å². The van der Waals surface area contributed by atoms with Gasteiger partial charge < -0.3 is 10.1 Å². The van der Waals surface area contributed by atoms with Crippen molar-refractivity contribution in [3.05, 3.63) is 29.8 Å². The number of ether oxygens (including phenoxy) is 1. The lowest BCUT2D eigenvalue weighted by molar-refractivity contribution is 0.237. The van der Waals surface area contributed by atoms with E-state index in [-0.39, 0.29) is 5.41 Å². The quantitative estimate of drug-likeness (QED) is 0.825. The maximum Gasteiger partial charge on any atom is 0.119 e. The third-order valence-electron chi connectivity index (χ3n) is 4.09. The summed E-state index contributed by atoms with van der Waals surface area (Å²) < 4.78 is 5.31. The Balaban J connectivity index is 2.33. The van der Waals surface area contributed by atoms with E-state index in [1.54, 1.807) is 7.11 Å². The summed E-state index contributed by atoms with van der Waals surface area (Å²) in [7, 11) is 1.73. The molecule has 1 aliphatic heterocycles. The standard InChI is InChI=1S/C14H21NO/c1-11-10-15-8-7-14(11,2)12-5-4-6-13(9-12)16-3/h4-6,9,11,15H,7-8,10H2,1-3H3/t11-,14+/m1/s1. The largest absolute Gasteiger partial charge is 0.497 e. The van der Waals surface area contributed by atoms with Crippen LogP contribution in [0.3, 0.4) is 0 Å². The molecule has 1 saturated heterocycles. The van der Waals surface area contributed by atoms with Gasteiger partial charge in [0.15, 0.2) is 0 Å². The van der Waals surface area contributed by atoms with Crippen molar-refractivity contribution in [3.8, 4) is 5.75 Å². The van der Waals surface area contributed by atoms with Gasteiger partial charge in [-0.15, -0.1) is 0 Å². The minimum atomic E-state index is 0.278.